The summed E-state index contributed by atoms with van der Waals surface area (Å²) in [6.45, 7) is 4.12. The summed E-state index contributed by atoms with van der Waals surface area (Å²) in [6.07, 6.45) is 2.02. The fourth-order valence-electron chi connectivity index (χ4n) is 1.32. The van der Waals surface area contributed by atoms with Crippen LogP contribution in [0.2, 0.25) is 0 Å². The predicted octanol–water partition coefficient (Wildman–Crippen LogP) is 2.53. The van der Waals surface area contributed by atoms with Crippen LogP contribution in [0.1, 0.15) is 24.5 Å². The van der Waals surface area contributed by atoms with E-state index in [1.165, 1.54) is 5.56 Å². The van der Waals surface area contributed by atoms with Crippen LogP contribution in [0.25, 0.3) is 0 Å². The van der Waals surface area contributed by atoms with E-state index < -0.39 is 0 Å². The zero-order chi connectivity index (χ0) is 9.84. The Balaban J connectivity index is 2.97. The Morgan fingerprint density at radius 3 is 2.54 bits per heavy atom. The van der Waals surface area contributed by atoms with Gasteiger partial charge in [0.2, 0.25) is 0 Å². The summed E-state index contributed by atoms with van der Waals surface area (Å²) in [7, 11) is 0. The summed E-state index contributed by atoms with van der Waals surface area (Å²) < 4.78 is 0. The van der Waals surface area contributed by atoms with E-state index in [9.17, 15) is 0 Å². The van der Waals surface area contributed by atoms with Crippen LogP contribution in [0.15, 0.2) is 18.2 Å². The van der Waals surface area contributed by atoms with Crippen molar-refractivity contribution in [2.24, 2.45) is 0 Å². The molecule has 0 aliphatic carbocycles. The van der Waals surface area contributed by atoms with Crippen molar-refractivity contribution in [1.29, 1.82) is 0 Å². The Morgan fingerprint density at radius 2 is 2.00 bits per heavy atom. The second kappa shape index (κ2) is 4.25. The largest absolute Gasteiger partial charge is 0.264 e. The van der Waals surface area contributed by atoms with E-state index in [1.54, 1.807) is 12.1 Å². The van der Waals surface area contributed by atoms with Crippen LogP contribution in [0, 0.1) is 6.92 Å². The molecule has 0 aromatic heterocycles. The van der Waals surface area contributed by atoms with Crippen molar-refractivity contribution in [3.8, 4) is 0 Å². The molecule has 0 atom stereocenters. The number of nitrogens with zero attached hydrogens (tertiary/aromatic N) is 1. The summed E-state index contributed by atoms with van der Waals surface area (Å²) in [6, 6.07) is 5.35. The zero-order valence-electron chi connectivity index (χ0n) is 7.99. The van der Waals surface area contributed by atoms with Crippen LogP contribution in [0.5, 0.6) is 0 Å². The molecule has 0 aliphatic heterocycles. The topological polar surface area (TPSA) is 43.7 Å². The van der Waals surface area contributed by atoms with Crippen molar-refractivity contribution in [3.05, 3.63) is 29.3 Å². The van der Waals surface area contributed by atoms with Gasteiger partial charge >= 0.3 is 0 Å². The van der Waals surface area contributed by atoms with E-state index in [4.69, 9.17) is 10.4 Å². The summed E-state index contributed by atoms with van der Waals surface area (Å²) in [5, 5.41) is 17.7. The van der Waals surface area contributed by atoms with Crippen LogP contribution in [-0.2, 0) is 6.42 Å². The monoisotopic (exact) mass is 181 g/mol. The van der Waals surface area contributed by atoms with Crippen LogP contribution in [0.3, 0.4) is 0 Å². The van der Waals surface area contributed by atoms with Gasteiger partial charge in [0.05, 0.1) is 5.69 Å². The van der Waals surface area contributed by atoms with E-state index in [1.807, 2.05) is 13.0 Å². The first-order valence-corrected chi connectivity index (χ1v) is 4.42. The smallest absolute Gasteiger partial charge is 0.0945 e. The third-order valence-corrected chi connectivity index (χ3v) is 2.08. The van der Waals surface area contributed by atoms with Crippen molar-refractivity contribution >= 4 is 5.69 Å². The third-order valence-electron chi connectivity index (χ3n) is 2.08. The molecule has 2 N–H and O–H groups in total. The molecule has 0 spiro atoms. The van der Waals surface area contributed by atoms with Crippen molar-refractivity contribution in [2.45, 2.75) is 26.7 Å². The lowest BCUT2D eigenvalue weighted by Gasteiger charge is -2.11. The fourth-order valence-corrected chi connectivity index (χ4v) is 1.32. The van der Waals surface area contributed by atoms with Gasteiger partial charge in [-0.25, -0.2) is 0 Å². The Bertz CT molecular complexity index is 284. The quantitative estimate of drug-likeness (QED) is 0.704. The van der Waals surface area contributed by atoms with Gasteiger partial charge in [0.1, 0.15) is 0 Å². The molecule has 0 bridgehead atoms. The van der Waals surface area contributed by atoms with Crippen molar-refractivity contribution in [2.75, 3.05) is 5.23 Å². The van der Waals surface area contributed by atoms with Gasteiger partial charge in [0.25, 0.3) is 0 Å². The van der Waals surface area contributed by atoms with Gasteiger partial charge < -0.3 is 0 Å². The predicted molar refractivity (Wildman–Crippen MR) is 51.2 cm³/mol. The molecule has 0 saturated carbocycles. The lowest BCUT2D eigenvalue weighted by Crippen LogP contribution is -2.11. The first-order valence-electron chi connectivity index (χ1n) is 4.42. The summed E-state index contributed by atoms with van der Waals surface area (Å²) >= 11 is 0. The number of benzene rings is 1. The summed E-state index contributed by atoms with van der Waals surface area (Å²) in [5.41, 5.74) is 2.76. The Morgan fingerprint density at radius 1 is 1.31 bits per heavy atom. The zero-order valence-corrected chi connectivity index (χ0v) is 7.99. The molecule has 0 radical (unpaired) electrons. The van der Waals surface area contributed by atoms with Crippen molar-refractivity contribution in [1.82, 2.24) is 0 Å². The molecule has 0 fully saturated rings. The molecule has 1 rings (SSSR count). The normalized spacial score (nSPS) is 10.2. The van der Waals surface area contributed by atoms with Gasteiger partial charge in [-0.1, -0.05) is 19.4 Å². The van der Waals surface area contributed by atoms with E-state index in [2.05, 4.69) is 6.92 Å². The Hall–Kier alpha value is -1.06. The van der Waals surface area contributed by atoms with Gasteiger partial charge in [-0.15, -0.1) is 5.23 Å². The molecular formula is C10H15NO2. The highest BCUT2D eigenvalue weighted by Gasteiger charge is 2.02. The molecule has 0 amide bonds. The van der Waals surface area contributed by atoms with Gasteiger partial charge in [0.15, 0.2) is 0 Å². The molecule has 13 heavy (non-hydrogen) atoms. The summed E-state index contributed by atoms with van der Waals surface area (Å²) in [5.74, 6) is 0. The molecule has 0 saturated heterocycles. The van der Waals surface area contributed by atoms with Gasteiger partial charge in [-0.2, -0.15) is 0 Å². The minimum Gasteiger partial charge on any atom is -0.264 e. The van der Waals surface area contributed by atoms with Crippen molar-refractivity contribution < 1.29 is 10.4 Å². The first kappa shape index (κ1) is 10.0. The lowest BCUT2D eigenvalue weighted by atomic mass is 10.0. The van der Waals surface area contributed by atoms with Crippen LogP contribution < -0.4 is 5.23 Å². The van der Waals surface area contributed by atoms with E-state index >= 15 is 0 Å². The minimum atomic E-state index is 0.151. The average molecular weight is 181 g/mol. The molecule has 3 heteroatoms. The maximum atomic E-state index is 8.80. The van der Waals surface area contributed by atoms with Gasteiger partial charge in [-0.3, -0.25) is 10.4 Å². The van der Waals surface area contributed by atoms with E-state index in [-0.39, 0.29) is 5.23 Å². The van der Waals surface area contributed by atoms with Crippen LogP contribution in [-0.4, -0.2) is 10.4 Å². The lowest BCUT2D eigenvalue weighted by molar-refractivity contribution is 0.0291. The summed E-state index contributed by atoms with van der Waals surface area (Å²) in [4.78, 5) is 0. The molecule has 1 aromatic carbocycles. The number of rotatable bonds is 3. The van der Waals surface area contributed by atoms with Gasteiger partial charge in [-0.05, 0) is 36.6 Å². The molecule has 3 nitrogen and oxygen atoms in total. The highest BCUT2D eigenvalue weighted by molar-refractivity contribution is 5.47. The number of anilines is 1. The second-order valence-corrected chi connectivity index (χ2v) is 3.15. The second-order valence-electron chi connectivity index (χ2n) is 3.15. The fraction of sp³-hybridized carbons (Fsp3) is 0.400. The van der Waals surface area contributed by atoms with Crippen molar-refractivity contribution in [3.63, 3.8) is 0 Å². The molecular weight excluding hydrogens is 166 g/mol. The SMILES string of the molecule is CCCc1cc(N(O)O)ccc1C. The minimum absolute atomic E-state index is 0.151. The number of hydrogen-bond acceptors (Lipinski definition) is 3. The van der Waals surface area contributed by atoms with Gasteiger partial charge in [0, 0.05) is 0 Å². The maximum absolute atomic E-state index is 8.80. The first-order chi connectivity index (χ1) is 6.15. The molecule has 1 aromatic rings. The maximum Gasteiger partial charge on any atom is 0.0945 e. The molecule has 0 aliphatic rings. The molecule has 0 heterocycles. The van der Waals surface area contributed by atoms with Crippen LogP contribution >= 0.6 is 0 Å². The van der Waals surface area contributed by atoms with E-state index in [0.29, 0.717) is 5.69 Å². The van der Waals surface area contributed by atoms with E-state index in [0.717, 1.165) is 18.4 Å². The highest BCUT2D eigenvalue weighted by atomic mass is 16.8. The number of aryl methyl sites for hydroxylation is 2. The number of hydrogen-bond donors (Lipinski definition) is 2. The molecule has 0 unspecified atom stereocenters. The highest BCUT2D eigenvalue weighted by Crippen LogP contribution is 2.18. The van der Waals surface area contributed by atoms with Crippen LogP contribution in [0.4, 0.5) is 5.69 Å². The Labute approximate surface area is 78.1 Å². The molecule has 72 valence electrons. The standard InChI is InChI=1S/C10H15NO2/c1-3-4-9-7-10(11(12)13)6-5-8(9)2/h5-7,12-13H,3-4H2,1-2H3. The third kappa shape index (κ3) is 2.44. The Kier molecular flexibility index (Phi) is 3.28. The average Bonchev–Trinajstić information content (AvgIpc) is 2.08.